The van der Waals surface area contributed by atoms with Gasteiger partial charge in [-0.05, 0) is 63.4 Å². The lowest BCUT2D eigenvalue weighted by Gasteiger charge is -2.32. The summed E-state index contributed by atoms with van der Waals surface area (Å²) >= 11 is 0. The monoisotopic (exact) mass is 1020 g/mol. The van der Waals surface area contributed by atoms with Crippen molar-refractivity contribution < 1.29 is 78.8 Å². The van der Waals surface area contributed by atoms with Crippen LogP contribution in [0.4, 0.5) is 0 Å². The average Bonchev–Trinajstić information content (AvgIpc) is 4.04. The third kappa shape index (κ3) is 12.1. The molecule has 12 atom stereocenters. The molecule has 7 aliphatic heterocycles. The summed E-state index contributed by atoms with van der Waals surface area (Å²) in [5, 5.41) is 0. The highest BCUT2D eigenvalue weighted by molar-refractivity contribution is 7.48. The number of primary amides is 2. The largest absolute Gasteiger partial charge is 0.475 e. The van der Waals surface area contributed by atoms with E-state index in [0.717, 1.165) is 11.1 Å². The molecule has 0 aromatic carbocycles. The molecule has 0 saturated carbocycles. The van der Waals surface area contributed by atoms with Crippen LogP contribution < -0.4 is 16.0 Å². The highest BCUT2D eigenvalue weighted by Gasteiger charge is 2.60. The topological polar surface area (TPSA) is 264 Å². The number of aromatic nitrogens is 3. The lowest BCUT2D eigenvalue weighted by atomic mass is 10.1. The molecular weight excluding hydrogens is 954 g/mol. The van der Waals surface area contributed by atoms with E-state index in [2.05, 4.69) is 9.97 Å². The van der Waals surface area contributed by atoms with Gasteiger partial charge in [0.25, 0.3) is 12.1 Å². The Labute approximate surface area is 407 Å². The van der Waals surface area contributed by atoms with Crippen LogP contribution in [0.15, 0.2) is 97.6 Å². The van der Waals surface area contributed by atoms with Crippen LogP contribution in [-0.2, 0) is 69.5 Å². The van der Waals surface area contributed by atoms with Gasteiger partial charge < -0.3 is 44.8 Å². The number of nitrogens with zero attached hydrogens (tertiary/aromatic N) is 4. The number of hydrogen-bond acceptors (Lipinski definition) is 19. The molecule has 7 aliphatic rings. The Balaban J connectivity index is 0.000000201. The van der Waals surface area contributed by atoms with Crippen LogP contribution in [0.1, 0.15) is 102 Å². The van der Waals surface area contributed by atoms with Gasteiger partial charge in [-0.2, -0.15) is 4.57 Å². The molecule has 6 fully saturated rings. The molecule has 6 saturated heterocycles. The molecular formula is C46H63N6O16P2+. The summed E-state index contributed by atoms with van der Waals surface area (Å²) in [7, 11) is -7.68. The maximum absolute atomic E-state index is 13.2. The second-order valence-electron chi connectivity index (χ2n) is 17.7. The molecule has 4 N–H and O–H groups in total. The first kappa shape index (κ1) is 53.4. The molecule has 0 bridgehead atoms. The van der Waals surface area contributed by atoms with Crippen molar-refractivity contribution in [3.8, 4) is 0 Å². The van der Waals surface area contributed by atoms with Gasteiger partial charge in [0.05, 0.1) is 38.6 Å². The van der Waals surface area contributed by atoms with Gasteiger partial charge in [-0.3, -0.25) is 46.7 Å². The Kier molecular flexibility index (Phi) is 16.6. The fraction of sp³-hybridized carbons (Fsp3) is 0.543. The minimum atomic E-state index is -3.84. The van der Waals surface area contributed by atoms with E-state index >= 15 is 0 Å². The summed E-state index contributed by atoms with van der Waals surface area (Å²) < 4.78 is 98.4. The number of fused-ring (bicyclic) bond motifs is 2. The van der Waals surface area contributed by atoms with Crippen molar-refractivity contribution in [3.05, 3.63) is 114 Å². The van der Waals surface area contributed by atoms with Crippen LogP contribution in [0.3, 0.4) is 0 Å². The lowest BCUT2D eigenvalue weighted by molar-refractivity contribution is -0.766. The van der Waals surface area contributed by atoms with Crippen molar-refractivity contribution in [2.24, 2.45) is 11.5 Å². The van der Waals surface area contributed by atoms with E-state index in [9.17, 15) is 18.7 Å². The standard InChI is InChI=1S/C22H28N3O8P.C22H26N3O8P.2CH4/c2*1-22(2)31-18-17(30-21(19(18)32-22)25-9-4-6-15(12-25)20(23)26)13-29-34(27)28-10-7-16(33-34)14-5-3-8-24-11-14;;/h3-5,8-9,11-12,16-19,21H,6-7,10,13H2,1-2H3,(H2,23,26);3-6,8-9,11-12,16-19,21H,7,10,13H2,1-2H3,(H-,23,26);2*1H4/p+1/t2*16?,17?,18-,19-,21-,34?;;/m11../s1. The van der Waals surface area contributed by atoms with Crippen LogP contribution >= 0.6 is 15.6 Å². The number of phosphoric acid groups is 2. The highest BCUT2D eigenvalue weighted by atomic mass is 31.2. The summed E-state index contributed by atoms with van der Waals surface area (Å²) in [6, 6.07) is 10.6. The van der Waals surface area contributed by atoms with Crippen molar-refractivity contribution in [2.75, 3.05) is 26.4 Å². The molecule has 10 rings (SSSR count). The minimum absolute atomic E-state index is 0. The molecule has 70 heavy (non-hydrogen) atoms. The Bertz CT molecular complexity index is 2470. The van der Waals surface area contributed by atoms with E-state index < -0.39 is 100 Å². The first-order chi connectivity index (χ1) is 32.5. The molecule has 6 unspecified atom stereocenters. The summed E-state index contributed by atoms with van der Waals surface area (Å²) in [6.45, 7) is 7.47. The van der Waals surface area contributed by atoms with Gasteiger partial charge in [0.15, 0.2) is 36.3 Å². The van der Waals surface area contributed by atoms with Crippen LogP contribution in [0.25, 0.3) is 0 Å². The quantitative estimate of drug-likeness (QED) is 0.156. The number of amides is 2. The second-order valence-corrected chi connectivity index (χ2v) is 21.0. The van der Waals surface area contributed by atoms with Gasteiger partial charge in [-0.1, -0.05) is 33.1 Å². The number of ether oxygens (including phenoxy) is 6. The normalized spacial score (nSPS) is 34.7. The number of phosphoric ester groups is 2. The van der Waals surface area contributed by atoms with Crippen molar-refractivity contribution in [1.82, 2.24) is 14.9 Å². The number of carbonyl (C=O) groups excluding carboxylic acids is 2. The maximum atomic E-state index is 13.2. The first-order valence-electron chi connectivity index (χ1n) is 22.2. The zero-order valence-corrected chi connectivity index (χ0v) is 39.5. The van der Waals surface area contributed by atoms with Gasteiger partial charge in [0.2, 0.25) is 5.91 Å². The van der Waals surface area contributed by atoms with Crippen LogP contribution in [0, 0.1) is 0 Å². The van der Waals surface area contributed by atoms with E-state index in [0.29, 0.717) is 30.4 Å². The number of hydrogen-bond donors (Lipinski definition) is 2. The third-order valence-electron chi connectivity index (χ3n) is 11.9. The zero-order chi connectivity index (χ0) is 47.8. The summed E-state index contributed by atoms with van der Waals surface area (Å²) in [5.74, 6) is -2.76. The molecule has 0 radical (unpaired) electrons. The smallest absolute Gasteiger partial charge is 0.366 e. The van der Waals surface area contributed by atoms with E-state index in [4.69, 9.17) is 67.0 Å². The average molecular weight is 1020 g/mol. The van der Waals surface area contributed by atoms with E-state index in [1.54, 1.807) is 97.2 Å². The molecule has 2 amide bonds. The molecule has 22 nitrogen and oxygen atoms in total. The summed E-state index contributed by atoms with van der Waals surface area (Å²) in [6.07, 6.45) is 11.5. The van der Waals surface area contributed by atoms with Gasteiger partial charge in [-0.15, -0.1) is 0 Å². The second kappa shape index (κ2) is 21.8. The molecule has 3 aromatic rings. The SMILES string of the molecule is C.C.CC1(C)O[C@@H]2[C@H](O1)C(COP1(=O)OCCC(c3cccnc3)O1)O[C@H]2N1C=CCC(C(N)=O)=C1.CC1(C)O[C@@H]2[C@H](O1)C(COP1(=O)OCCC(c3cccnc3)O1)O[C@H]2[n+]1cccc(C(N)=O)c1. The summed E-state index contributed by atoms with van der Waals surface area (Å²) in [5.41, 5.74) is 13.3. The van der Waals surface area contributed by atoms with Crippen LogP contribution in [0.2, 0.25) is 0 Å². The van der Waals surface area contributed by atoms with Gasteiger partial charge in [0, 0.05) is 61.7 Å². The molecule has 24 heteroatoms. The lowest BCUT2D eigenvalue weighted by Crippen LogP contribution is -2.46. The van der Waals surface area contributed by atoms with Crippen molar-refractivity contribution in [2.45, 2.75) is 135 Å². The molecule has 10 heterocycles. The zero-order valence-electron chi connectivity index (χ0n) is 37.8. The molecule has 0 spiro atoms. The number of nitrogens with two attached hydrogens (primary N) is 2. The Morgan fingerprint density at radius 2 is 1.30 bits per heavy atom. The van der Waals surface area contributed by atoms with Crippen molar-refractivity contribution in [3.63, 3.8) is 0 Å². The highest BCUT2D eigenvalue weighted by Crippen LogP contribution is 2.59. The molecule has 3 aromatic heterocycles. The van der Waals surface area contributed by atoms with Crippen LogP contribution in [-0.4, -0.2) is 108 Å². The van der Waals surface area contributed by atoms with Crippen LogP contribution in [0.5, 0.6) is 0 Å². The van der Waals surface area contributed by atoms with Gasteiger partial charge in [0.1, 0.15) is 36.1 Å². The number of allylic oxidation sites excluding steroid dienone is 1. The van der Waals surface area contributed by atoms with E-state index in [-0.39, 0.29) is 41.3 Å². The van der Waals surface area contributed by atoms with E-state index in [1.165, 1.54) is 0 Å². The van der Waals surface area contributed by atoms with Gasteiger partial charge in [-0.25, -0.2) is 9.13 Å². The third-order valence-corrected chi connectivity index (χ3v) is 14.8. The molecule has 0 aliphatic carbocycles. The number of rotatable bonds is 12. The van der Waals surface area contributed by atoms with Crippen molar-refractivity contribution in [1.29, 1.82) is 0 Å². The Morgan fingerprint density at radius 1 is 0.757 bits per heavy atom. The Hall–Kier alpha value is -4.35. The maximum Gasteiger partial charge on any atom is 0.475 e. The predicted molar refractivity (Wildman–Crippen MR) is 246 cm³/mol. The van der Waals surface area contributed by atoms with E-state index in [1.807, 2.05) is 32.1 Å². The number of pyridine rings is 3. The summed E-state index contributed by atoms with van der Waals surface area (Å²) in [4.78, 5) is 33.2. The first-order valence-corrected chi connectivity index (χ1v) is 25.1. The predicted octanol–water partition coefficient (Wildman–Crippen LogP) is 5.98. The molecule has 382 valence electrons. The van der Waals surface area contributed by atoms with Gasteiger partial charge >= 0.3 is 15.6 Å². The minimum Gasteiger partial charge on any atom is -0.366 e. The number of carbonyl (C=O) groups is 2. The Morgan fingerprint density at radius 3 is 1.84 bits per heavy atom. The fourth-order valence-corrected chi connectivity index (χ4v) is 11.6. The van der Waals surface area contributed by atoms with Crippen molar-refractivity contribution >= 4 is 27.5 Å². The fourth-order valence-electron chi connectivity index (χ4n) is 8.84.